The monoisotopic (exact) mass is 478 g/mol. The quantitative estimate of drug-likeness (QED) is 0.354. The summed E-state index contributed by atoms with van der Waals surface area (Å²) in [5.41, 5.74) is 4.28. The first-order chi connectivity index (χ1) is 16.1. The molecule has 0 spiro atoms. The molecule has 3 aromatic heterocycles. The first kappa shape index (κ1) is 21.3. The highest BCUT2D eigenvalue weighted by atomic mass is 35.5. The predicted molar refractivity (Wildman–Crippen MR) is 128 cm³/mol. The molecule has 1 amide bonds. The molecule has 0 aliphatic heterocycles. The van der Waals surface area contributed by atoms with Crippen molar-refractivity contribution in [2.45, 2.75) is 11.7 Å². The van der Waals surface area contributed by atoms with E-state index in [0.29, 0.717) is 22.4 Å². The van der Waals surface area contributed by atoms with Crippen molar-refractivity contribution in [3.8, 4) is 17.0 Å². The molecule has 0 aliphatic rings. The smallest absolute Gasteiger partial charge is 0.230 e. The van der Waals surface area contributed by atoms with Crippen LogP contribution in [-0.2, 0) is 11.3 Å². The number of carbonyl (C=O) groups is 1. The lowest BCUT2D eigenvalue weighted by Gasteiger charge is -2.06. The van der Waals surface area contributed by atoms with Gasteiger partial charge in [0, 0.05) is 29.5 Å². The summed E-state index contributed by atoms with van der Waals surface area (Å²) in [5, 5.41) is 17.5. The van der Waals surface area contributed by atoms with Gasteiger partial charge in [0.1, 0.15) is 11.3 Å². The Bertz CT molecular complexity index is 1430. The van der Waals surface area contributed by atoms with Crippen molar-refractivity contribution in [1.82, 2.24) is 29.5 Å². The summed E-state index contributed by atoms with van der Waals surface area (Å²) in [6, 6.07) is 17.1. The predicted octanol–water partition coefficient (Wildman–Crippen LogP) is 4.11. The van der Waals surface area contributed by atoms with E-state index in [1.54, 1.807) is 11.6 Å². The summed E-state index contributed by atoms with van der Waals surface area (Å²) in [6.45, 7) is 0.452. The first-order valence-corrected chi connectivity index (χ1v) is 11.5. The average molecular weight is 479 g/mol. The van der Waals surface area contributed by atoms with Crippen LogP contribution in [0.15, 0.2) is 72.1 Å². The number of hydrogen-bond donors (Lipinski definition) is 1. The molecule has 0 radical (unpaired) electrons. The van der Waals surface area contributed by atoms with Gasteiger partial charge in [0.15, 0.2) is 10.8 Å². The molecule has 0 unspecified atom stereocenters. The third kappa shape index (κ3) is 4.50. The maximum atomic E-state index is 12.3. The van der Waals surface area contributed by atoms with Gasteiger partial charge in [-0.05, 0) is 35.9 Å². The van der Waals surface area contributed by atoms with Gasteiger partial charge in [-0.3, -0.25) is 9.20 Å². The molecule has 1 N–H and O–H groups in total. The molecule has 0 saturated heterocycles. The Balaban J connectivity index is 1.28. The largest absolute Gasteiger partial charge is 0.497 e. The van der Waals surface area contributed by atoms with E-state index < -0.39 is 0 Å². The van der Waals surface area contributed by atoms with Crippen LogP contribution in [0.1, 0.15) is 5.56 Å². The van der Waals surface area contributed by atoms with Crippen molar-refractivity contribution in [3.05, 3.63) is 77.6 Å². The molecule has 10 heteroatoms. The van der Waals surface area contributed by atoms with E-state index in [1.165, 1.54) is 11.8 Å². The second kappa shape index (κ2) is 9.13. The normalized spacial score (nSPS) is 11.2. The molecular formula is C23H19ClN6O2S. The molecule has 0 bridgehead atoms. The van der Waals surface area contributed by atoms with Gasteiger partial charge in [0.05, 0.1) is 18.6 Å². The second-order valence-corrected chi connectivity index (χ2v) is 8.63. The van der Waals surface area contributed by atoms with Crippen molar-refractivity contribution < 1.29 is 9.53 Å². The van der Waals surface area contributed by atoms with Gasteiger partial charge >= 0.3 is 0 Å². The van der Waals surface area contributed by atoms with Crippen LogP contribution in [-0.4, -0.2) is 43.0 Å². The summed E-state index contributed by atoms with van der Waals surface area (Å²) in [6.07, 6.45) is 3.69. The Kier molecular flexibility index (Phi) is 5.89. The maximum absolute atomic E-state index is 12.3. The van der Waals surface area contributed by atoms with Crippen LogP contribution in [0.2, 0.25) is 5.02 Å². The van der Waals surface area contributed by atoms with E-state index in [9.17, 15) is 4.79 Å². The topological polar surface area (TPSA) is 85.8 Å². The number of nitrogens with zero attached hydrogens (tertiary/aromatic N) is 5. The minimum Gasteiger partial charge on any atom is -0.497 e. The second-order valence-electron chi connectivity index (χ2n) is 7.25. The van der Waals surface area contributed by atoms with E-state index in [-0.39, 0.29) is 11.7 Å². The molecule has 5 aromatic rings. The molecule has 5 rings (SSSR count). The number of benzene rings is 2. The number of halogens is 1. The molecule has 0 saturated carbocycles. The number of rotatable bonds is 7. The Hall–Kier alpha value is -3.56. The molecule has 8 nitrogen and oxygen atoms in total. The number of thioether (sulfide) groups is 1. The van der Waals surface area contributed by atoms with E-state index in [1.807, 2.05) is 71.4 Å². The molecule has 166 valence electrons. The number of nitrogens with one attached hydrogen (secondary N) is 1. The summed E-state index contributed by atoms with van der Waals surface area (Å²) < 4.78 is 8.78. The lowest BCUT2D eigenvalue weighted by Crippen LogP contribution is -2.24. The zero-order valence-corrected chi connectivity index (χ0v) is 19.2. The van der Waals surface area contributed by atoms with Gasteiger partial charge in [-0.25, -0.2) is 4.52 Å². The molecule has 0 atom stereocenters. The van der Waals surface area contributed by atoms with Crippen LogP contribution >= 0.6 is 23.4 Å². The van der Waals surface area contributed by atoms with E-state index in [2.05, 4.69) is 20.6 Å². The Morgan fingerprint density at radius 2 is 1.88 bits per heavy atom. The van der Waals surface area contributed by atoms with Gasteiger partial charge in [0.25, 0.3) is 0 Å². The summed E-state index contributed by atoms with van der Waals surface area (Å²) in [7, 11) is 1.62. The standard InChI is InChI=1S/C23H19ClN6O2S/c1-32-18-8-2-15(3-9-18)13-25-21(31)14-33-23-27-26-22-20-12-19(16-4-6-17(24)7-5-16)28-30(20)11-10-29(22)23/h2-12H,13-14H2,1H3,(H,25,31). The summed E-state index contributed by atoms with van der Waals surface area (Å²) >= 11 is 7.32. The number of aromatic nitrogens is 5. The first-order valence-electron chi connectivity index (χ1n) is 10.1. The lowest BCUT2D eigenvalue weighted by atomic mass is 10.1. The fraction of sp³-hybridized carbons (Fsp3) is 0.130. The van der Waals surface area contributed by atoms with Crippen LogP contribution in [0.3, 0.4) is 0 Å². The molecular weight excluding hydrogens is 460 g/mol. The summed E-state index contributed by atoms with van der Waals surface area (Å²) in [4.78, 5) is 12.3. The number of ether oxygens (including phenoxy) is 1. The lowest BCUT2D eigenvalue weighted by molar-refractivity contribution is -0.118. The van der Waals surface area contributed by atoms with Crippen molar-refractivity contribution in [2.75, 3.05) is 12.9 Å². The van der Waals surface area contributed by atoms with Crippen molar-refractivity contribution >= 4 is 40.4 Å². The highest BCUT2D eigenvalue weighted by molar-refractivity contribution is 7.99. The van der Waals surface area contributed by atoms with Crippen LogP contribution in [0.4, 0.5) is 0 Å². The molecule has 2 aromatic carbocycles. The number of methoxy groups -OCH3 is 1. The average Bonchev–Trinajstić information content (AvgIpc) is 3.46. The third-order valence-electron chi connectivity index (χ3n) is 5.11. The third-order valence-corrected chi connectivity index (χ3v) is 6.30. The number of hydrogen-bond acceptors (Lipinski definition) is 6. The van der Waals surface area contributed by atoms with E-state index >= 15 is 0 Å². The zero-order valence-electron chi connectivity index (χ0n) is 17.6. The van der Waals surface area contributed by atoms with E-state index in [4.69, 9.17) is 16.3 Å². The van der Waals surface area contributed by atoms with Gasteiger partial charge in [-0.1, -0.05) is 47.6 Å². The van der Waals surface area contributed by atoms with Gasteiger partial charge in [-0.15, -0.1) is 10.2 Å². The Labute approximate surface area is 198 Å². The highest BCUT2D eigenvalue weighted by Crippen LogP contribution is 2.25. The minimum atomic E-state index is -0.0805. The van der Waals surface area contributed by atoms with Crippen molar-refractivity contribution in [1.29, 1.82) is 0 Å². The van der Waals surface area contributed by atoms with Gasteiger partial charge in [0.2, 0.25) is 5.91 Å². The molecule has 33 heavy (non-hydrogen) atoms. The zero-order chi connectivity index (χ0) is 22.8. The highest BCUT2D eigenvalue weighted by Gasteiger charge is 2.14. The number of fused-ring (bicyclic) bond motifs is 3. The van der Waals surface area contributed by atoms with Crippen molar-refractivity contribution in [3.63, 3.8) is 0 Å². The maximum Gasteiger partial charge on any atom is 0.230 e. The molecule has 0 aliphatic carbocycles. The van der Waals surface area contributed by atoms with E-state index in [0.717, 1.165) is 28.1 Å². The molecule has 0 fully saturated rings. The van der Waals surface area contributed by atoms with Crippen LogP contribution < -0.4 is 10.1 Å². The number of carbonyl (C=O) groups excluding carboxylic acids is 1. The SMILES string of the molecule is COc1ccc(CNC(=O)CSc2nnc3c4cc(-c5ccc(Cl)cc5)nn4ccn23)cc1. The Morgan fingerprint density at radius 3 is 2.64 bits per heavy atom. The van der Waals surface area contributed by atoms with Crippen molar-refractivity contribution in [2.24, 2.45) is 0 Å². The van der Waals surface area contributed by atoms with Crippen LogP contribution in [0, 0.1) is 0 Å². The van der Waals surface area contributed by atoms with Crippen LogP contribution in [0.25, 0.3) is 22.4 Å². The van der Waals surface area contributed by atoms with Gasteiger partial charge in [-0.2, -0.15) is 5.10 Å². The number of amides is 1. The van der Waals surface area contributed by atoms with Crippen LogP contribution in [0.5, 0.6) is 5.75 Å². The minimum absolute atomic E-state index is 0.0805. The Morgan fingerprint density at radius 1 is 1.09 bits per heavy atom. The fourth-order valence-electron chi connectivity index (χ4n) is 3.38. The fourth-order valence-corrected chi connectivity index (χ4v) is 4.25. The van der Waals surface area contributed by atoms with Gasteiger partial charge < -0.3 is 10.1 Å². The molecule has 3 heterocycles. The summed E-state index contributed by atoms with van der Waals surface area (Å²) in [5.74, 6) is 0.937.